The Hall–Kier alpha value is -7.49. The Bertz CT molecular complexity index is 3560. The SMILES string of the molecule is Cc1cc(CN(C)Cc2c3ccccc3c(CN(C)C(=O)c3ccc(C(=O)N(C)Cc4c5ccccc5c(CN(C)Cc5cc(O[B]O)cc(O[B]O)c5)c5ccccc45)cc3C(C)(C)C)c3ccccc23)cc(B(O)O)c1. The van der Waals surface area contributed by atoms with E-state index in [1.165, 1.54) is 5.56 Å². The molecule has 0 aliphatic rings. The summed E-state index contributed by atoms with van der Waals surface area (Å²) in [5, 5.41) is 47.0. The molecule has 394 valence electrons. The Balaban J connectivity index is 0.972. The van der Waals surface area contributed by atoms with Gasteiger partial charge in [0.25, 0.3) is 11.8 Å². The summed E-state index contributed by atoms with van der Waals surface area (Å²) in [6, 6.07) is 49.8. The first-order valence-electron chi connectivity index (χ1n) is 26.1. The molecule has 15 heteroatoms. The van der Waals surface area contributed by atoms with Gasteiger partial charge in [0.1, 0.15) is 11.5 Å². The normalized spacial score (nSPS) is 11.7. The Morgan fingerprint density at radius 1 is 0.487 bits per heavy atom. The maximum Gasteiger partial charge on any atom is 0.569 e. The zero-order chi connectivity index (χ0) is 55.4. The molecule has 0 bridgehead atoms. The van der Waals surface area contributed by atoms with Crippen LogP contribution >= 0.6 is 0 Å². The number of hydrogen-bond donors (Lipinski definition) is 4. The lowest BCUT2D eigenvalue weighted by Crippen LogP contribution is -2.31. The summed E-state index contributed by atoms with van der Waals surface area (Å²) < 4.78 is 10.5. The minimum absolute atomic E-state index is 0.138. The van der Waals surface area contributed by atoms with E-state index in [2.05, 4.69) is 104 Å². The fraction of sp³-hybridized carbons (Fsp3) is 0.238. The van der Waals surface area contributed by atoms with Crippen LogP contribution in [0.25, 0.3) is 43.1 Å². The van der Waals surface area contributed by atoms with Gasteiger partial charge in [0.2, 0.25) is 0 Å². The van der Waals surface area contributed by atoms with Crippen LogP contribution in [-0.4, -0.2) is 102 Å². The van der Waals surface area contributed by atoms with Crippen molar-refractivity contribution < 1.29 is 39.0 Å². The van der Waals surface area contributed by atoms with Gasteiger partial charge in [-0.2, -0.15) is 0 Å². The number of aryl methyl sites for hydroxylation is 1. The van der Waals surface area contributed by atoms with Crippen molar-refractivity contribution in [1.29, 1.82) is 0 Å². The summed E-state index contributed by atoms with van der Waals surface area (Å²) in [5.41, 5.74) is 9.01. The van der Waals surface area contributed by atoms with Gasteiger partial charge >= 0.3 is 22.5 Å². The molecule has 0 saturated carbocycles. The van der Waals surface area contributed by atoms with Crippen molar-refractivity contribution >= 4 is 82.9 Å². The molecule has 2 amide bonds. The van der Waals surface area contributed by atoms with Gasteiger partial charge in [0, 0.05) is 70.6 Å². The third kappa shape index (κ3) is 12.0. The highest BCUT2D eigenvalue weighted by atomic mass is 16.5. The quantitative estimate of drug-likeness (QED) is 0.0457. The van der Waals surface area contributed by atoms with Crippen LogP contribution in [0, 0.1) is 6.92 Å². The molecule has 2 radical (unpaired) electrons. The highest BCUT2D eigenvalue weighted by Gasteiger charge is 2.28. The number of hydrogen-bond acceptors (Lipinski definition) is 10. The zero-order valence-corrected chi connectivity index (χ0v) is 45.6. The third-order valence-corrected chi connectivity index (χ3v) is 14.6. The van der Waals surface area contributed by atoms with Crippen LogP contribution in [0.1, 0.15) is 86.0 Å². The largest absolute Gasteiger partial charge is 0.569 e. The standard InChI is InChI=1S/C63H65B3N4O8/c1-40-27-41(29-44(28-40)66(75)76)34-67(5)36-56-49-19-11-15-23-53(49)59(54-24-16-12-20-50(54)56)39-70(8)62(72)55-26-25-43(32-60(55)63(2,3)4)61(71)69(7)38-58-51-21-13-9-17-47(51)57(48-18-10-14-22-52(48)58)37-68(6)35-42-30-45(77-64-73)33-46(31-42)78-65-74/h9-33,73-76H,34-39H2,1-8H3. The molecule has 0 aliphatic carbocycles. The van der Waals surface area contributed by atoms with Gasteiger partial charge < -0.3 is 39.2 Å². The second kappa shape index (κ2) is 23.6. The molecule has 0 heterocycles. The number of rotatable bonds is 19. The second-order valence-corrected chi connectivity index (χ2v) is 21.7. The molecule has 0 atom stereocenters. The van der Waals surface area contributed by atoms with E-state index in [0.717, 1.165) is 82.0 Å². The Kier molecular flexibility index (Phi) is 16.7. The monoisotopic (exact) mass is 1040 g/mol. The van der Waals surface area contributed by atoms with Crippen LogP contribution in [0.2, 0.25) is 0 Å². The maximum atomic E-state index is 14.9. The van der Waals surface area contributed by atoms with Gasteiger partial charge in [-0.25, -0.2) is 0 Å². The van der Waals surface area contributed by atoms with E-state index in [9.17, 15) is 29.7 Å². The van der Waals surface area contributed by atoms with Crippen molar-refractivity contribution in [3.8, 4) is 11.5 Å². The van der Waals surface area contributed by atoms with E-state index < -0.39 is 12.5 Å². The number of carbonyl (C=O) groups is 2. The second-order valence-electron chi connectivity index (χ2n) is 21.7. The average molecular weight is 1040 g/mol. The van der Waals surface area contributed by atoms with E-state index in [4.69, 9.17) is 9.31 Å². The summed E-state index contributed by atoms with van der Waals surface area (Å²) in [7, 11) is 7.45. The van der Waals surface area contributed by atoms with Crippen LogP contribution in [-0.2, 0) is 44.7 Å². The fourth-order valence-corrected chi connectivity index (χ4v) is 11.2. The number of fused-ring (bicyclic) bond motifs is 4. The molecule has 0 spiro atoms. The van der Waals surface area contributed by atoms with Gasteiger partial charge in [-0.3, -0.25) is 19.4 Å². The first kappa shape index (κ1) is 55.3. The van der Waals surface area contributed by atoms with Gasteiger partial charge in [-0.05, 0) is 144 Å². The van der Waals surface area contributed by atoms with E-state index in [0.29, 0.717) is 82.7 Å². The maximum absolute atomic E-state index is 14.9. The first-order valence-corrected chi connectivity index (χ1v) is 26.1. The molecule has 0 fully saturated rings. The molecule has 12 nitrogen and oxygen atoms in total. The minimum atomic E-state index is -1.54. The van der Waals surface area contributed by atoms with Gasteiger partial charge in [-0.1, -0.05) is 142 Å². The first-order chi connectivity index (χ1) is 37.4. The van der Waals surface area contributed by atoms with Crippen molar-refractivity contribution in [3.05, 3.63) is 207 Å². The Labute approximate surface area is 458 Å². The molecule has 9 aromatic rings. The molecule has 0 unspecified atom stereocenters. The fourth-order valence-electron chi connectivity index (χ4n) is 11.2. The molecule has 0 aliphatic heterocycles. The van der Waals surface area contributed by atoms with Crippen molar-refractivity contribution in [1.82, 2.24) is 19.6 Å². The number of amides is 2. The van der Waals surface area contributed by atoms with Gasteiger partial charge in [-0.15, -0.1) is 0 Å². The number of carbonyl (C=O) groups excluding carboxylic acids is 2. The van der Waals surface area contributed by atoms with E-state index in [1.807, 2.05) is 82.7 Å². The van der Waals surface area contributed by atoms with E-state index >= 15 is 0 Å². The van der Waals surface area contributed by atoms with E-state index in [-0.39, 0.29) is 11.8 Å². The molecular weight excluding hydrogens is 973 g/mol. The predicted molar refractivity (Wildman–Crippen MR) is 315 cm³/mol. The van der Waals surface area contributed by atoms with Crippen molar-refractivity contribution in [2.24, 2.45) is 0 Å². The Morgan fingerprint density at radius 2 is 0.872 bits per heavy atom. The van der Waals surface area contributed by atoms with Crippen molar-refractivity contribution in [2.45, 2.75) is 72.4 Å². The smallest absolute Gasteiger partial charge is 0.537 e. The lowest BCUT2D eigenvalue weighted by atomic mass is 9.78. The van der Waals surface area contributed by atoms with Crippen LogP contribution in [0.5, 0.6) is 11.5 Å². The summed E-state index contributed by atoms with van der Waals surface area (Å²) in [6.07, 6.45) is 0. The molecule has 0 saturated heterocycles. The summed E-state index contributed by atoms with van der Waals surface area (Å²) >= 11 is 0. The number of nitrogens with zero attached hydrogens (tertiary/aromatic N) is 4. The third-order valence-electron chi connectivity index (χ3n) is 14.6. The average Bonchev–Trinajstić information content (AvgIpc) is 3.59. The summed E-state index contributed by atoms with van der Waals surface area (Å²) in [5.74, 6) is 0.429. The highest BCUT2D eigenvalue weighted by molar-refractivity contribution is 6.58. The molecule has 4 N–H and O–H groups in total. The molecule has 9 aromatic carbocycles. The predicted octanol–water partition coefficient (Wildman–Crippen LogP) is 9.20. The van der Waals surface area contributed by atoms with Crippen LogP contribution in [0.15, 0.2) is 152 Å². The van der Waals surface area contributed by atoms with Gasteiger partial charge in [0.15, 0.2) is 0 Å². The summed E-state index contributed by atoms with van der Waals surface area (Å²) in [6.45, 7) is 11.2. The van der Waals surface area contributed by atoms with Crippen LogP contribution in [0.4, 0.5) is 0 Å². The molecule has 0 aromatic heterocycles. The molecule has 78 heavy (non-hydrogen) atoms. The summed E-state index contributed by atoms with van der Waals surface area (Å²) in [4.78, 5) is 37.6. The lowest BCUT2D eigenvalue weighted by molar-refractivity contribution is 0.0772. The highest BCUT2D eigenvalue weighted by Crippen LogP contribution is 2.38. The van der Waals surface area contributed by atoms with Crippen molar-refractivity contribution in [3.63, 3.8) is 0 Å². The molecule has 9 rings (SSSR count). The lowest BCUT2D eigenvalue weighted by Gasteiger charge is -2.28. The van der Waals surface area contributed by atoms with Gasteiger partial charge in [0.05, 0.1) is 0 Å². The zero-order valence-electron chi connectivity index (χ0n) is 45.6. The minimum Gasteiger partial charge on any atom is -0.537 e. The number of benzene rings is 9. The topological polar surface area (TPSA) is 146 Å². The molecular formula is C63H65B3N4O8. The van der Waals surface area contributed by atoms with Crippen molar-refractivity contribution in [2.75, 3.05) is 28.2 Å². The Morgan fingerprint density at radius 3 is 1.26 bits per heavy atom. The van der Waals surface area contributed by atoms with Crippen LogP contribution < -0.4 is 14.8 Å². The van der Waals surface area contributed by atoms with Crippen LogP contribution in [0.3, 0.4) is 0 Å². The van der Waals surface area contributed by atoms with E-state index in [1.54, 1.807) is 40.1 Å².